The normalized spacial score (nSPS) is 14.1. The van der Waals surface area contributed by atoms with Gasteiger partial charge in [0.1, 0.15) is 5.75 Å². The van der Waals surface area contributed by atoms with Crippen molar-refractivity contribution in [3.8, 4) is 5.75 Å². The Kier molecular flexibility index (Phi) is 4.27. The summed E-state index contributed by atoms with van der Waals surface area (Å²) in [5.41, 5.74) is 0.379. The molecule has 0 saturated carbocycles. The van der Waals surface area contributed by atoms with Gasteiger partial charge in [-0.25, -0.2) is 0 Å². The van der Waals surface area contributed by atoms with Gasteiger partial charge < -0.3 is 5.11 Å². The van der Waals surface area contributed by atoms with Gasteiger partial charge in [0.25, 0.3) is 0 Å². The first-order valence-electron chi connectivity index (χ1n) is 4.96. The Balaban J connectivity index is 2.88. The van der Waals surface area contributed by atoms with Crippen molar-refractivity contribution in [1.82, 2.24) is 4.90 Å². The van der Waals surface area contributed by atoms with Crippen molar-refractivity contribution in [2.45, 2.75) is 19.1 Å². The summed E-state index contributed by atoms with van der Waals surface area (Å²) in [4.78, 5) is 1.10. The van der Waals surface area contributed by atoms with Crippen molar-refractivity contribution in [3.63, 3.8) is 0 Å². The molecule has 2 nitrogen and oxygen atoms in total. The second-order valence-corrected chi connectivity index (χ2v) is 4.35. The molecule has 0 radical (unpaired) electrons. The molecule has 0 bridgehead atoms. The average Bonchev–Trinajstić information content (AvgIpc) is 2.18. The topological polar surface area (TPSA) is 23.5 Å². The van der Waals surface area contributed by atoms with Crippen LogP contribution >= 0.6 is 11.6 Å². The zero-order valence-corrected chi connectivity index (χ0v) is 10.2. The maximum absolute atomic E-state index is 12.2. The standard InChI is InChI=1S/C11H13ClF3NO/c1-7(16(2)6-11(13,14)15)9-5-8(12)3-4-10(9)17/h3-5,7,17H,6H2,1-2H3. The molecule has 1 aromatic rings. The first kappa shape index (κ1) is 14.1. The molecule has 0 amide bonds. The largest absolute Gasteiger partial charge is 0.508 e. The van der Waals surface area contributed by atoms with E-state index >= 15 is 0 Å². The maximum atomic E-state index is 12.2. The van der Waals surface area contributed by atoms with Gasteiger partial charge >= 0.3 is 6.18 Å². The van der Waals surface area contributed by atoms with Crippen molar-refractivity contribution in [2.24, 2.45) is 0 Å². The molecule has 6 heteroatoms. The zero-order valence-electron chi connectivity index (χ0n) is 9.42. The molecule has 0 saturated heterocycles. The van der Waals surface area contributed by atoms with Gasteiger partial charge in [0.05, 0.1) is 6.54 Å². The Labute approximate surface area is 103 Å². The molecule has 1 N–H and O–H groups in total. The van der Waals surface area contributed by atoms with Crippen LogP contribution in [0.1, 0.15) is 18.5 Å². The number of alkyl halides is 3. The molecule has 0 aliphatic rings. The van der Waals surface area contributed by atoms with E-state index in [1.165, 1.54) is 25.2 Å². The van der Waals surface area contributed by atoms with Gasteiger partial charge in [-0.2, -0.15) is 13.2 Å². The fourth-order valence-electron chi connectivity index (χ4n) is 1.52. The van der Waals surface area contributed by atoms with Crippen LogP contribution in [0.15, 0.2) is 18.2 Å². The lowest BCUT2D eigenvalue weighted by Gasteiger charge is -2.26. The van der Waals surface area contributed by atoms with E-state index in [4.69, 9.17) is 11.6 Å². The van der Waals surface area contributed by atoms with Crippen molar-refractivity contribution in [1.29, 1.82) is 0 Å². The predicted molar refractivity (Wildman–Crippen MR) is 60.2 cm³/mol. The van der Waals surface area contributed by atoms with E-state index in [1.54, 1.807) is 6.92 Å². The minimum absolute atomic E-state index is 0.0593. The molecule has 96 valence electrons. The monoisotopic (exact) mass is 267 g/mol. The summed E-state index contributed by atoms with van der Waals surface area (Å²) >= 11 is 5.75. The van der Waals surface area contributed by atoms with E-state index in [-0.39, 0.29) is 5.75 Å². The van der Waals surface area contributed by atoms with Crippen LogP contribution in [-0.2, 0) is 0 Å². The highest BCUT2D eigenvalue weighted by Gasteiger charge is 2.31. The van der Waals surface area contributed by atoms with Crippen molar-refractivity contribution >= 4 is 11.6 Å². The van der Waals surface area contributed by atoms with E-state index in [1.807, 2.05) is 0 Å². The highest BCUT2D eigenvalue weighted by Crippen LogP contribution is 2.31. The molecule has 0 heterocycles. The van der Waals surface area contributed by atoms with Crippen LogP contribution in [0.3, 0.4) is 0 Å². The third kappa shape index (κ3) is 4.09. The minimum atomic E-state index is -4.27. The SMILES string of the molecule is CC(c1cc(Cl)ccc1O)N(C)CC(F)(F)F. The summed E-state index contributed by atoms with van der Waals surface area (Å²) in [6, 6.07) is 3.75. The molecule has 0 spiro atoms. The third-order valence-corrected chi connectivity index (χ3v) is 2.76. The number of benzene rings is 1. The Morgan fingerprint density at radius 3 is 2.53 bits per heavy atom. The van der Waals surface area contributed by atoms with Crippen LogP contribution < -0.4 is 0 Å². The van der Waals surface area contributed by atoms with E-state index in [0.29, 0.717) is 10.6 Å². The molecule has 1 rings (SSSR count). The Morgan fingerprint density at radius 1 is 1.41 bits per heavy atom. The Morgan fingerprint density at radius 2 is 2.00 bits per heavy atom. The van der Waals surface area contributed by atoms with Gasteiger partial charge in [-0.15, -0.1) is 0 Å². The molecule has 0 fully saturated rings. The predicted octanol–water partition coefficient (Wildman–Crippen LogP) is 3.60. The van der Waals surface area contributed by atoms with Gasteiger partial charge in [-0.3, -0.25) is 4.90 Å². The summed E-state index contributed by atoms with van der Waals surface area (Å²) in [5.74, 6) is -0.0593. The summed E-state index contributed by atoms with van der Waals surface area (Å²) in [5, 5.41) is 9.97. The number of nitrogens with zero attached hydrogens (tertiary/aromatic N) is 1. The molecule has 1 unspecified atom stereocenters. The molecule has 0 aliphatic heterocycles. The van der Waals surface area contributed by atoms with E-state index in [0.717, 1.165) is 4.90 Å². The number of rotatable bonds is 3. The number of hydrogen-bond acceptors (Lipinski definition) is 2. The number of phenols is 1. The van der Waals surface area contributed by atoms with Crippen LogP contribution in [0.4, 0.5) is 13.2 Å². The molecule has 1 atom stereocenters. The lowest BCUT2D eigenvalue weighted by atomic mass is 10.1. The Hall–Kier alpha value is -0.940. The van der Waals surface area contributed by atoms with Crippen LogP contribution in [0.5, 0.6) is 5.75 Å². The number of hydrogen-bond donors (Lipinski definition) is 1. The summed E-state index contributed by atoms with van der Waals surface area (Å²) in [6.45, 7) is 0.539. The lowest BCUT2D eigenvalue weighted by Crippen LogP contribution is -2.33. The summed E-state index contributed by atoms with van der Waals surface area (Å²) in [6.07, 6.45) is -4.27. The van der Waals surface area contributed by atoms with E-state index < -0.39 is 18.8 Å². The highest BCUT2D eigenvalue weighted by molar-refractivity contribution is 6.30. The fraction of sp³-hybridized carbons (Fsp3) is 0.455. The third-order valence-electron chi connectivity index (χ3n) is 2.53. The van der Waals surface area contributed by atoms with Gasteiger partial charge in [0, 0.05) is 16.6 Å². The highest BCUT2D eigenvalue weighted by atomic mass is 35.5. The van der Waals surface area contributed by atoms with Gasteiger partial charge in [0.2, 0.25) is 0 Å². The smallest absolute Gasteiger partial charge is 0.401 e. The van der Waals surface area contributed by atoms with Crippen molar-refractivity contribution < 1.29 is 18.3 Å². The quantitative estimate of drug-likeness (QED) is 0.904. The molecule has 0 aliphatic carbocycles. The fourth-order valence-corrected chi connectivity index (χ4v) is 1.70. The average molecular weight is 268 g/mol. The minimum Gasteiger partial charge on any atom is -0.508 e. The van der Waals surface area contributed by atoms with Crippen LogP contribution in [0.2, 0.25) is 5.02 Å². The molecule has 1 aromatic carbocycles. The number of aromatic hydroxyl groups is 1. The summed E-state index contributed by atoms with van der Waals surface area (Å²) in [7, 11) is 1.35. The molecular weight excluding hydrogens is 255 g/mol. The second kappa shape index (κ2) is 5.14. The van der Waals surface area contributed by atoms with E-state index in [2.05, 4.69) is 0 Å². The molecule has 17 heavy (non-hydrogen) atoms. The second-order valence-electron chi connectivity index (χ2n) is 3.91. The summed E-state index contributed by atoms with van der Waals surface area (Å²) < 4.78 is 36.7. The Bertz CT molecular complexity index is 395. The van der Waals surface area contributed by atoms with Crippen molar-refractivity contribution in [2.75, 3.05) is 13.6 Å². The molecular formula is C11H13ClF3NO. The zero-order chi connectivity index (χ0) is 13.2. The van der Waals surface area contributed by atoms with Gasteiger partial charge in [0.15, 0.2) is 0 Å². The number of halogens is 4. The first-order valence-corrected chi connectivity index (χ1v) is 5.34. The van der Waals surface area contributed by atoms with E-state index in [9.17, 15) is 18.3 Å². The maximum Gasteiger partial charge on any atom is 0.401 e. The van der Waals surface area contributed by atoms with Crippen LogP contribution in [0.25, 0.3) is 0 Å². The van der Waals surface area contributed by atoms with Gasteiger partial charge in [-0.1, -0.05) is 11.6 Å². The lowest BCUT2D eigenvalue weighted by molar-refractivity contribution is -0.147. The molecule has 0 aromatic heterocycles. The first-order chi connectivity index (χ1) is 7.70. The van der Waals surface area contributed by atoms with Crippen LogP contribution in [0, 0.1) is 0 Å². The number of phenolic OH excluding ortho intramolecular Hbond substituents is 1. The van der Waals surface area contributed by atoms with Crippen molar-refractivity contribution in [3.05, 3.63) is 28.8 Å². The van der Waals surface area contributed by atoms with Crippen LogP contribution in [-0.4, -0.2) is 29.8 Å². The van der Waals surface area contributed by atoms with Gasteiger partial charge in [-0.05, 0) is 32.2 Å².